The molecule has 0 radical (unpaired) electrons. The van der Waals surface area contributed by atoms with Gasteiger partial charge in [0.25, 0.3) is 0 Å². The van der Waals surface area contributed by atoms with Gasteiger partial charge in [0.15, 0.2) is 0 Å². The molecule has 0 fully saturated rings. The number of aryl methyl sites for hydroxylation is 1. The average Bonchev–Trinajstić information content (AvgIpc) is 2.80. The predicted molar refractivity (Wildman–Crippen MR) is 142 cm³/mol. The summed E-state index contributed by atoms with van der Waals surface area (Å²) in [5, 5.41) is 3.48. The van der Waals surface area contributed by atoms with Crippen molar-refractivity contribution in [1.82, 2.24) is 10.2 Å². The molecule has 35 heavy (non-hydrogen) atoms. The van der Waals surface area contributed by atoms with E-state index < -0.39 is 16.1 Å². The van der Waals surface area contributed by atoms with Gasteiger partial charge < -0.3 is 10.2 Å². The summed E-state index contributed by atoms with van der Waals surface area (Å²) in [5.41, 5.74) is 2.37. The lowest BCUT2D eigenvalue weighted by Gasteiger charge is -2.29. The molecule has 7 nitrogen and oxygen atoms in total. The monoisotopic (exact) mass is 521 g/mol. The molecule has 0 aromatic heterocycles. The SMILES string of the molecule is CCCCNC(=O)C(C)N(Cc1ccc(Cl)cc1)C(=O)CCCN(c1cccc(C)c1)S(C)(=O)=O. The lowest BCUT2D eigenvalue weighted by Crippen LogP contribution is -2.47. The lowest BCUT2D eigenvalue weighted by molar-refractivity contribution is -0.140. The van der Waals surface area contributed by atoms with E-state index in [4.69, 9.17) is 11.6 Å². The van der Waals surface area contributed by atoms with Gasteiger partial charge in [-0.15, -0.1) is 0 Å². The summed E-state index contributed by atoms with van der Waals surface area (Å²) in [6.07, 6.45) is 3.41. The maximum absolute atomic E-state index is 13.3. The second-order valence-corrected chi connectivity index (χ2v) is 11.1. The summed E-state index contributed by atoms with van der Waals surface area (Å²) in [7, 11) is -3.52. The van der Waals surface area contributed by atoms with Gasteiger partial charge in [0, 0.05) is 31.1 Å². The molecular formula is C26H36ClN3O4S. The van der Waals surface area contributed by atoms with Crippen LogP contribution in [0.25, 0.3) is 0 Å². The molecule has 2 rings (SSSR count). The number of benzene rings is 2. The van der Waals surface area contributed by atoms with Crippen LogP contribution in [0.2, 0.25) is 5.02 Å². The second-order valence-electron chi connectivity index (χ2n) is 8.75. The number of anilines is 1. The zero-order valence-corrected chi connectivity index (χ0v) is 22.5. The molecule has 0 aliphatic carbocycles. The number of unbranched alkanes of at least 4 members (excludes halogenated alkanes) is 1. The molecule has 0 aliphatic heterocycles. The molecule has 192 valence electrons. The van der Waals surface area contributed by atoms with Crippen LogP contribution in [0.4, 0.5) is 5.69 Å². The van der Waals surface area contributed by atoms with E-state index in [0.29, 0.717) is 23.7 Å². The Morgan fingerprint density at radius 2 is 1.77 bits per heavy atom. The van der Waals surface area contributed by atoms with E-state index in [1.165, 1.54) is 4.31 Å². The van der Waals surface area contributed by atoms with Crippen LogP contribution in [0.1, 0.15) is 50.7 Å². The van der Waals surface area contributed by atoms with E-state index in [-0.39, 0.29) is 31.3 Å². The molecule has 9 heteroatoms. The van der Waals surface area contributed by atoms with E-state index in [9.17, 15) is 18.0 Å². The molecule has 1 atom stereocenters. The van der Waals surface area contributed by atoms with Gasteiger partial charge in [0.2, 0.25) is 21.8 Å². The molecule has 2 aromatic rings. The lowest BCUT2D eigenvalue weighted by atomic mass is 10.1. The van der Waals surface area contributed by atoms with Crippen molar-refractivity contribution in [3.05, 3.63) is 64.7 Å². The molecule has 0 aliphatic rings. The van der Waals surface area contributed by atoms with Gasteiger partial charge in [0.05, 0.1) is 11.9 Å². The number of carbonyl (C=O) groups excluding carboxylic acids is 2. The van der Waals surface area contributed by atoms with Gasteiger partial charge >= 0.3 is 0 Å². The summed E-state index contributed by atoms with van der Waals surface area (Å²) >= 11 is 5.99. The van der Waals surface area contributed by atoms with Gasteiger partial charge in [-0.2, -0.15) is 0 Å². The van der Waals surface area contributed by atoms with Crippen LogP contribution in [-0.4, -0.2) is 50.5 Å². The molecule has 0 saturated heterocycles. The first-order valence-corrected chi connectivity index (χ1v) is 14.1. The van der Waals surface area contributed by atoms with Crippen molar-refractivity contribution >= 4 is 39.1 Å². The van der Waals surface area contributed by atoms with Crippen LogP contribution in [-0.2, 0) is 26.2 Å². The molecule has 0 saturated carbocycles. The number of nitrogens with one attached hydrogen (secondary N) is 1. The highest BCUT2D eigenvalue weighted by atomic mass is 35.5. The first-order valence-electron chi connectivity index (χ1n) is 11.9. The minimum absolute atomic E-state index is 0.109. The van der Waals surface area contributed by atoms with E-state index >= 15 is 0 Å². The number of hydrogen-bond acceptors (Lipinski definition) is 4. The Balaban J connectivity index is 2.13. The summed E-state index contributed by atoms with van der Waals surface area (Å²) in [5.74, 6) is -0.422. The van der Waals surface area contributed by atoms with Crippen molar-refractivity contribution in [1.29, 1.82) is 0 Å². The van der Waals surface area contributed by atoms with Crippen molar-refractivity contribution in [2.24, 2.45) is 0 Å². The molecule has 2 aromatic carbocycles. The molecule has 0 heterocycles. The number of halogens is 1. The minimum atomic E-state index is -3.52. The molecule has 0 spiro atoms. The Morgan fingerprint density at radius 1 is 1.09 bits per heavy atom. The third-order valence-corrected chi connectivity index (χ3v) is 7.15. The maximum Gasteiger partial charge on any atom is 0.242 e. The van der Waals surface area contributed by atoms with Gasteiger partial charge in [0.1, 0.15) is 6.04 Å². The highest BCUT2D eigenvalue weighted by Gasteiger charge is 2.26. The fourth-order valence-electron chi connectivity index (χ4n) is 3.69. The predicted octanol–water partition coefficient (Wildman–Crippen LogP) is 4.53. The zero-order valence-electron chi connectivity index (χ0n) is 21.0. The summed E-state index contributed by atoms with van der Waals surface area (Å²) < 4.78 is 26.1. The first kappa shape index (κ1) is 28.7. The summed E-state index contributed by atoms with van der Waals surface area (Å²) in [6.45, 7) is 6.64. The van der Waals surface area contributed by atoms with Gasteiger partial charge in [-0.3, -0.25) is 13.9 Å². The van der Waals surface area contributed by atoms with E-state index in [2.05, 4.69) is 5.32 Å². The highest BCUT2D eigenvalue weighted by molar-refractivity contribution is 7.92. The zero-order chi connectivity index (χ0) is 26.0. The Morgan fingerprint density at radius 3 is 2.37 bits per heavy atom. The molecule has 1 unspecified atom stereocenters. The summed E-state index contributed by atoms with van der Waals surface area (Å²) in [4.78, 5) is 27.5. The van der Waals surface area contributed by atoms with Crippen molar-refractivity contribution < 1.29 is 18.0 Å². The number of rotatable bonds is 13. The van der Waals surface area contributed by atoms with E-state index in [1.54, 1.807) is 42.2 Å². The smallest absolute Gasteiger partial charge is 0.242 e. The molecule has 2 amide bonds. The van der Waals surface area contributed by atoms with Crippen LogP contribution in [0.15, 0.2) is 48.5 Å². The molecular weight excluding hydrogens is 486 g/mol. The molecule has 0 bridgehead atoms. The van der Waals surface area contributed by atoms with E-state index in [0.717, 1.165) is 30.2 Å². The fourth-order valence-corrected chi connectivity index (χ4v) is 4.78. The van der Waals surface area contributed by atoms with Crippen molar-refractivity contribution in [2.75, 3.05) is 23.7 Å². The number of hydrogen-bond donors (Lipinski definition) is 1. The standard InChI is InChI=1S/C26H36ClN3O4S/c1-5-6-16-28-26(32)21(3)29(19-22-12-14-23(27)15-13-22)25(31)11-8-17-30(35(4,33)34)24-10-7-9-20(2)18-24/h7,9-10,12-15,18,21H,5-6,8,11,16-17,19H2,1-4H3,(H,28,32). The van der Waals surface area contributed by atoms with Crippen molar-refractivity contribution in [3.8, 4) is 0 Å². The van der Waals surface area contributed by atoms with Crippen LogP contribution in [0.3, 0.4) is 0 Å². The van der Waals surface area contributed by atoms with Gasteiger partial charge in [-0.05, 0) is 62.1 Å². The van der Waals surface area contributed by atoms with Crippen LogP contribution >= 0.6 is 11.6 Å². The largest absolute Gasteiger partial charge is 0.354 e. The summed E-state index contributed by atoms with van der Waals surface area (Å²) in [6, 6.07) is 13.7. The fraction of sp³-hybridized carbons (Fsp3) is 0.462. The van der Waals surface area contributed by atoms with Crippen LogP contribution in [0, 0.1) is 6.92 Å². The Labute approximate surface area is 214 Å². The third-order valence-electron chi connectivity index (χ3n) is 5.70. The van der Waals surface area contributed by atoms with Crippen molar-refractivity contribution in [2.45, 2.75) is 59.0 Å². The second kappa shape index (κ2) is 13.5. The van der Waals surface area contributed by atoms with Crippen LogP contribution < -0.4 is 9.62 Å². The quantitative estimate of drug-likeness (QED) is 0.392. The number of carbonyl (C=O) groups is 2. The Hall–Kier alpha value is -2.58. The maximum atomic E-state index is 13.3. The van der Waals surface area contributed by atoms with Crippen molar-refractivity contribution in [3.63, 3.8) is 0 Å². The Bertz CT molecular complexity index is 1090. The first-order chi connectivity index (χ1) is 16.5. The average molecular weight is 522 g/mol. The van der Waals surface area contributed by atoms with Crippen LogP contribution in [0.5, 0.6) is 0 Å². The topological polar surface area (TPSA) is 86.8 Å². The number of nitrogens with zero attached hydrogens (tertiary/aromatic N) is 2. The minimum Gasteiger partial charge on any atom is -0.354 e. The van der Waals surface area contributed by atoms with E-state index in [1.807, 2.05) is 32.0 Å². The van der Waals surface area contributed by atoms with Gasteiger partial charge in [-0.1, -0.05) is 49.2 Å². The normalized spacial score (nSPS) is 12.1. The number of sulfonamides is 1. The highest BCUT2D eigenvalue weighted by Crippen LogP contribution is 2.20. The Kier molecular flexibility index (Phi) is 11.0. The number of amides is 2. The molecule has 1 N–H and O–H groups in total. The third kappa shape index (κ3) is 9.18. The van der Waals surface area contributed by atoms with Gasteiger partial charge in [-0.25, -0.2) is 8.42 Å².